The van der Waals surface area contributed by atoms with Crippen molar-refractivity contribution >= 4 is 23.4 Å². The van der Waals surface area contributed by atoms with Crippen LogP contribution < -0.4 is 15.1 Å². The van der Waals surface area contributed by atoms with Crippen molar-refractivity contribution in [3.8, 4) is 0 Å². The highest BCUT2D eigenvalue weighted by atomic mass is 16.5. The Morgan fingerprint density at radius 3 is 2.67 bits per heavy atom. The number of benzene rings is 1. The fourth-order valence-electron chi connectivity index (χ4n) is 3.02. The lowest BCUT2D eigenvalue weighted by Crippen LogP contribution is -2.37. The fourth-order valence-corrected chi connectivity index (χ4v) is 3.02. The van der Waals surface area contributed by atoms with Gasteiger partial charge in [-0.05, 0) is 18.4 Å². The maximum atomic E-state index is 12.4. The topological polar surface area (TPSA) is 70.6 Å². The van der Waals surface area contributed by atoms with Crippen LogP contribution in [0.2, 0.25) is 0 Å². The molecule has 1 aromatic heterocycles. The highest BCUT2D eigenvalue weighted by molar-refractivity contribution is 5.93. The number of carbonyl (C=O) groups is 1. The average molecular weight is 369 g/mol. The van der Waals surface area contributed by atoms with Gasteiger partial charge in [-0.25, -0.2) is 4.98 Å². The Balaban J connectivity index is 1.60. The minimum atomic E-state index is -0.0169. The van der Waals surface area contributed by atoms with Crippen molar-refractivity contribution in [1.29, 1.82) is 0 Å². The fraction of sp³-hybridized carbons (Fsp3) is 0.450. The van der Waals surface area contributed by atoms with Gasteiger partial charge < -0.3 is 19.9 Å². The van der Waals surface area contributed by atoms with Crippen LogP contribution in [-0.2, 0) is 16.0 Å². The van der Waals surface area contributed by atoms with E-state index >= 15 is 0 Å². The van der Waals surface area contributed by atoms with Gasteiger partial charge in [-0.3, -0.25) is 4.79 Å². The summed E-state index contributed by atoms with van der Waals surface area (Å²) in [5.74, 6) is 1.36. The van der Waals surface area contributed by atoms with Gasteiger partial charge in [0.15, 0.2) is 5.82 Å². The van der Waals surface area contributed by atoms with E-state index in [0.29, 0.717) is 37.1 Å². The molecule has 2 aromatic rings. The van der Waals surface area contributed by atoms with E-state index in [2.05, 4.69) is 32.3 Å². The van der Waals surface area contributed by atoms with Gasteiger partial charge >= 0.3 is 0 Å². The van der Waals surface area contributed by atoms with E-state index in [1.165, 1.54) is 5.56 Å². The summed E-state index contributed by atoms with van der Waals surface area (Å²) < 4.78 is 5.38. The van der Waals surface area contributed by atoms with Crippen LogP contribution in [-0.4, -0.2) is 56.3 Å². The van der Waals surface area contributed by atoms with Gasteiger partial charge in [-0.2, -0.15) is 4.98 Å². The molecule has 0 saturated carbocycles. The molecule has 1 saturated heterocycles. The third-order valence-electron chi connectivity index (χ3n) is 4.46. The summed E-state index contributed by atoms with van der Waals surface area (Å²) in [4.78, 5) is 25.4. The van der Waals surface area contributed by atoms with Crippen LogP contribution in [0.15, 0.2) is 36.5 Å². The maximum absolute atomic E-state index is 12.4. The number of aryl methyl sites for hydroxylation is 1. The van der Waals surface area contributed by atoms with Crippen LogP contribution >= 0.6 is 0 Å². The van der Waals surface area contributed by atoms with Crippen molar-refractivity contribution in [2.45, 2.75) is 19.3 Å². The monoisotopic (exact) mass is 369 g/mol. The number of anilines is 3. The number of ether oxygens (including phenoxy) is 1. The van der Waals surface area contributed by atoms with Gasteiger partial charge in [-0.15, -0.1) is 0 Å². The van der Waals surface area contributed by atoms with E-state index in [0.717, 1.165) is 25.9 Å². The summed E-state index contributed by atoms with van der Waals surface area (Å²) in [7, 11) is 3.83. The molecule has 27 heavy (non-hydrogen) atoms. The molecule has 2 heterocycles. The van der Waals surface area contributed by atoms with Gasteiger partial charge in [0.05, 0.1) is 19.4 Å². The molecule has 3 rings (SSSR count). The molecule has 0 aliphatic carbocycles. The second-order valence-corrected chi connectivity index (χ2v) is 6.79. The first-order chi connectivity index (χ1) is 13.1. The van der Waals surface area contributed by atoms with E-state index in [1.54, 1.807) is 6.20 Å². The Kier molecular flexibility index (Phi) is 6.59. The third kappa shape index (κ3) is 5.40. The number of rotatable bonds is 7. The first-order valence-corrected chi connectivity index (χ1v) is 9.34. The lowest BCUT2D eigenvalue weighted by molar-refractivity contribution is -0.116. The molecule has 0 radical (unpaired) electrons. The molecule has 0 spiro atoms. The Labute approximate surface area is 160 Å². The second-order valence-electron chi connectivity index (χ2n) is 6.79. The maximum Gasteiger partial charge on any atom is 0.227 e. The zero-order valence-corrected chi connectivity index (χ0v) is 16.0. The second kappa shape index (κ2) is 9.32. The summed E-state index contributed by atoms with van der Waals surface area (Å²) in [6.07, 6.45) is 3.86. The molecule has 7 nitrogen and oxygen atoms in total. The molecule has 1 fully saturated rings. The van der Waals surface area contributed by atoms with Gasteiger partial charge in [0.2, 0.25) is 11.9 Å². The molecule has 0 bridgehead atoms. The van der Waals surface area contributed by atoms with Crippen LogP contribution in [0, 0.1) is 0 Å². The molecule has 1 aromatic carbocycles. The number of carbonyl (C=O) groups excluding carboxylic acids is 1. The smallest absolute Gasteiger partial charge is 0.227 e. The van der Waals surface area contributed by atoms with Gasteiger partial charge in [0, 0.05) is 33.6 Å². The normalized spacial score (nSPS) is 14.1. The number of hydrogen-bond acceptors (Lipinski definition) is 6. The van der Waals surface area contributed by atoms with Crippen molar-refractivity contribution in [3.63, 3.8) is 0 Å². The van der Waals surface area contributed by atoms with Crippen molar-refractivity contribution in [1.82, 2.24) is 9.97 Å². The third-order valence-corrected chi connectivity index (χ3v) is 4.46. The van der Waals surface area contributed by atoms with Crippen LogP contribution in [0.25, 0.3) is 0 Å². The molecule has 144 valence electrons. The van der Waals surface area contributed by atoms with Gasteiger partial charge in [0.1, 0.15) is 5.69 Å². The zero-order valence-electron chi connectivity index (χ0n) is 16.0. The summed E-state index contributed by atoms with van der Waals surface area (Å²) in [6, 6.07) is 10.2. The highest BCUT2D eigenvalue weighted by Gasteiger charge is 2.17. The van der Waals surface area contributed by atoms with Crippen LogP contribution in [0.4, 0.5) is 17.5 Å². The Bertz CT molecular complexity index is 745. The number of nitrogens with zero attached hydrogens (tertiary/aromatic N) is 4. The Hall–Kier alpha value is -2.67. The van der Waals surface area contributed by atoms with E-state index < -0.39 is 0 Å². The van der Waals surface area contributed by atoms with E-state index in [-0.39, 0.29) is 5.91 Å². The molecular formula is C20H27N5O2. The van der Waals surface area contributed by atoms with Crippen molar-refractivity contribution in [2.75, 3.05) is 55.5 Å². The summed E-state index contributed by atoms with van der Waals surface area (Å²) in [5.41, 5.74) is 1.89. The van der Waals surface area contributed by atoms with E-state index in [1.807, 2.05) is 37.2 Å². The first-order valence-electron chi connectivity index (χ1n) is 9.34. The van der Waals surface area contributed by atoms with Crippen LogP contribution in [0.3, 0.4) is 0 Å². The Morgan fingerprint density at radius 2 is 1.96 bits per heavy atom. The van der Waals surface area contributed by atoms with Crippen molar-refractivity contribution in [3.05, 3.63) is 42.1 Å². The number of morpholine rings is 1. The Morgan fingerprint density at radius 1 is 1.22 bits per heavy atom. The van der Waals surface area contributed by atoms with Crippen molar-refractivity contribution < 1.29 is 9.53 Å². The predicted octanol–water partition coefficient (Wildman–Crippen LogP) is 2.34. The molecule has 1 N–H and O–H groups in total. The minimum absolute atomic E-state index is 0.0169. The minimum Gasteiger partial charge on any atom is -0.378 e. The molecule has 7 heteroatoms. The van der Waals surface area contributed by atoms with Crippen LogP contribution in [0.5, 0.6) is 0 Å². The molecule has 1 aliphatic rings. The average Bonchev–Trinajstić information content (AvgIpc) is 2.69. The number of nitrogens with one attached hydrogen (secondary N) is 1. The predicted molar refractivity (Wildman–Crippen MR) is 107 cm³/mol. The largest absolute Gasteiger partial charge is 0.378 e. The standard InChI is InChI=1S/C20H27N5O2/c1-24(2)19-17(15-21-20(23-19)25-11-13-27-14-12-25)22-18(26)10-6-9-16-7-4-3-5-8-16/h3-5,7-8,15H,6,9-14H2,1-2H3,(H,22,26). The number of hydrogen-bond donors (Lipinski definition) is 1. The number of aromatic nitrogens is 2. The molecule has 0 atom stereocenters. The summed E-state index contributed by atoms with van der Waals surface area (Å²) in [5, 5.41) is 2.96. The van der Waals surface area contributed by atoms with Crippen molar-refractivity contribution in [2.24, 2.45) is 0 Å². The van der Waals surface area contributed by atoms with Gasteiger partial charge in [-0.1, -0.05) is 30.3 Å². The SMILES string of the molecule is CN(C)c1nc(N2CCOCC2)ncc1NC(=O)CCCc1ccccc1. The summed E-state index contributed by atoms with van der Waals surface area (Å²) >= 11 is 0. The van der Waals surface area contributed by atoms with Crippen LogP contribution in [0.1, 0.15) is 18.4 Å². The van der Waals surface area contributed by atoms with Gasteiger partial charge in [0.25, 0.3) is 0 Å². The molecule has 0 unspecified atom stereocenters. The summed E-state index contributed by atoms with van der Waals surface area (Å²) in [6.45, 7) is 2.91. The first kappa shape index (κ1) is 19.1. The molecule has 1 amide bonds. The zero-order chi connectivity index (χ0) is 19.1. The molecule has 1 aliphatic heterocycles. The number of amides is 1. The van der Waals surface area contributed by atoms with E-state index in [4.69, 9.17) is 4.74 Å². The lowest BCUT2D eigenvalue weighted by Gasteiger charge is -2.28. The molecular weight excluding hydrogens is 342 g/mol. The highest BCUT2D eigenvalue weighted by Crippen LogP contribution is 2.24. The quantitative estimate of drug-likeness (QED) is 0.808. The lowest BCUT2D eigenvalue weighted by atomic mass is 10.1. The van der Waals surface area contributed by atoms with E-state index in [9.17, 15) is 4.79 Å².